The first-order chi connectivity index (χ1) is 10.6. The second kappa shape index (κ2) is 15.0. The number of hydrogen-bond donors (Lipinski definition) is 1. The van der Waals surface area contributed by atoms with Gasteiger partial charge in [0.2, 0.25) is 0 Å². The molecule has 22 heavy (non-hydrogen) atoms. The van der Waals surface area contributed by atoms with E-state index in [-0.39, 0.29) is 17.8 Å². The van der Waals surface area contributed by atoms with Crippen molar-refractivity contribution in [2.45, 2.75) is 90.6 Å². The van der Waals surface area contributed by atoms with E-state index in [1.165, 1.54) is 32.1 Å². The molecule has 0 aliphatic rings. The van der Waals surface area contributed by atoms with Gasteiger partial charge in [-0.25, -0.2) is 0 Å². The normalized spacial score (nSPS) is 14.1. The van der Waals surface area contributed by atoms with Gasteiger partial charge in [0.15, 0.2) is 0 Å². The van der Waals surface area contributed by atoms with Crippen LogP contribution in [0.15, 0.2) is 24.8 Å². The largest absolute Gasteiger partial charge is 0.389 e. The third kappa shape index (κ3) is 12.8. The van der Waals surface area contributed by atoms with Crippen LogP contribution < -0.4 is 0 Å². The predicted molar refractivity (Wildman–Crippen MR) is 96.0 cm³/mol. The minimum atomic E-state index is -0.288. The lowest BCUT2D eigenvalue weighted by Crippen LogP contribution is -2.07. The second-order valence-corrected chi connectivity index (χ2v) is 6.29. The number of ketones is 1. The van der Waals surface area contributed by atoms with Crippen LogP contribution >= 0.6 is 0 Å². The van der Waals surface area contributed by atoms with E-state index in [0.717, 1.165) is 38.5 Å². The summed E-state index contributed by atoms with van der Waals surface area (Å²) in [6, 6.07) is 0. The molecule has 2 unspecified atom stereocenters. The molecule has 0 amide bonds. The number of carbonyl (C=O) groups is 1. The zero-order valence-corrected chi connectivity index (χ0v) is 14.7. The molecule has 0 heterocycles. The van der Waals surface area contributed by atoms with Crippen LogP contribution in [0.4, 0.5) is 0 Å². The molecule has 0 saturated carbocycles. The summed E-state index contributed by atoms with van der Waals surface area (Å²) in [5.74, 6) is 0.224. The van der Waals surface area contributed by atoms with Crippen molar-refractivity contribution in [3.05, 3.63) is 24.8 Å². The van der Waals surface area contributed by atoms with Crippen LogP contribution in [-0.4, -0.2) is 17.0 Å². The van der Waals surface area contributed by atoms with Crippen LogP contribution in [0.3, 0.4) is 0 Å². The summed E-state index contributed by atoms with van der Waals surface area (Å²) in [5, 5.41) is 9.86. The van der Waals surface area contributed by atoms with Gasteiger partial charge in [0.05, 0.1) is 6.10 Å². The van der Waals surface area contributed by atoms with Gasteiger partial charge in [0.1, 0.15) is 5.78 Å². The number of unbranched alkanes of at least 4 members (excludes halogenated alkanes) is 7. The zero-order valence-electron chi connectivity index (χ0n) is 14.7. The molecule has 2 heteroatoms. The standard InChI is InChI=1S/C20H36O2/c1-4-6-7-8-9-13-16-20(22)17-14-11-10-12-15-19(5-2)18(3)21/h5,14,17,19-20,22H,2,4,6-13,15-16H2,1,3H3/b17-14+. The summed E-state index contributed by atoms with van der Waals surface area (Å²) in [4.78, 5) is 11.2. The van der Waals surface area contributed by atoms with Crippen molar-refractivity contribution in [3.63, 3.8) is 0 Å². The number of hydrogen-bond acceptors (Lipinski definition) is 2. The fraction of sp³-hybridized carbons (Fsp3) is 0.750. The highest BCUT2D eigenvalue weighted by atomic mass is 16.3. The lowest BCUT2D eigenvalue weighted by molar-refractivity contribution is -0.119. The summed E-state index contributed by atoms with van der Waals surface area (Å²) in [7, 11) is 0. The Hall–Kier alpha value is -0.890. The Labute approximate surface area is 137 Å². The van der Waals surface area contributed by atoms with Crippen molar-refractivity contribution in [1.29, 1.82) is 0 Å². The minimum Gasteiger partial charge on any atom is -0.389 e. The van der Waals surface area contributed by atoms with Crippen molar-refractivity contribution in [2.24, 2.45) is 5.92 Å². The van der Waals surface area contributed by atoms with Crippen molar-refractivity contribution in [3.8, 4) is 0 Å². The van der Waals surface area contributed by atoms with Crippen LogP contribution in [0.1, 0.15) is 84.5 Å². The molecule has 0 aliphatic carbocycles. The summed E-state index contributed by atoms with van der Waals surface area (Å²) in [6.45, 7) is 7.56. The first kappa shape index (κ1) is 21.1. The lowest BCUT2D eigenvalue weighted by atomic mass is 9.98. The molecule has 0 radical (unpaired) electrons. The van der Waals surface area contributed by atoms with Crippen molar-refractivity contribution in [1.82, 2.24) is 0 Å². The van der Waals surface area contributed by atoms with Crippen LogP contribution in [0.25, 0.3) is 0 Å². The average Bonchev–Trinajstić information content (AvgIpc) is 2.49. The molecular weight excluding hydrogens is 272 g/mol. The van der Waals surface area contributed by atoms with Crippen LogP contribution in [0.5, 0.6) is 0 Å². The highest BCUT2D eigenvalue weighted by molar-refractivity contribution is 5.79. The molecule has 0 aliphatic heterocycles. The second-order valence-electron chi connectivity index (χ2n) is 6.29. The third-order valence-corrected chi connectivity index (χ3v) is 4.15. The third-order valence-electron chi connectivity index (χ3n) is 4.15. The fourth-order valence-corrected chi connectivity index (χ4v) is 2.60. The van der Waals surface area contributed by atoms with Gasteiger partial charge in [0, 0.05) is 5.92 Å². The monoisotopic (exact) mass is 308 g/mol. The van der Waals surface area contributed by atoms with Gasteiger partial charge in [-0.1, -0.05) is 70.1 Å². The van der Waals surface area contributed by atoms with E-state index in [1.807, 2.05) is 6.08 Å². The van der Waals surface area contributed by atoms with E-state index in [1.54, 1.807) is 13.0 Å². The molecule has 0 bridgehead atoms. The Morgan fingerprint density at radius 2 is 1.68 bits per heavy atom. The van der Waals surface area contributed by atoms with Gasteiger partial charge in [-0.2, -0.15) is 0 Å². The number of Topliss-reactive ketones (excluding diaryl/α,β-unsaturated/α-hetero) is 1. The molecule has 0 fully saturated rings. The van der Waals surface area contributed by atoms with Gasteiger partial charge in [0.25, 0.3) is 0 Å². The number of allylic oxidation sites excluding steroid dienone is 2. The van der Waals surface area contributed by atoms with Crippen LogP contribution in [0, 0.1) is 5.92 Å². The van der Waals surface area contributed by atoms with Gasteiger partial charge in [-0.15, -0.1) is 6.58 Å². The SMILES string of the molecule is C=CC(CCCC/C=C/C(O)CCCCCCCC)C(C)=O. The van der Waals surface area contributed by atoms with Gasteiger partial charge in [-0.3, -0.25) is 4.79 Å². The minimum absolute atomic E-state index is 0.0160. The van der Waals surface area contributed by atoms with E-state index in [2.05, 4.69) is 19.6 Å². The zero-order chi connectivity index (χ0) is 16.6. The molecule has 1 N–H and O–H groups in total. The summed E-state index contributed by atoms with van der Waals surface area (Å²) in [6.07, 6.45) is 17.9. The first-order valence-electron chi connectivity index (χ1n) is 9.09. The van der Waals surface area contributed by atoms with E-state index in [9.17, 15) is 9.90 Å². The maximum Gasteiger partial charge on any atom is 0.136 e. The van der Waals surface area contributed by atoms with Gasteiger partial charge in [-0.05, 0) is 32.6 Å². The molecule has 0 rings (SSSR count). The smallest absolute Gasteiger partial charge is 0.136 e. The maximum atomic E-state index is 11.2. The van der Waals surface area contributed by atoms with Gasteiger partial charge >= 0.3 is 0 Å². The number of aliphatic hydroxyl groups excluding tert-OH is 1. The highest BCUT2D eigenvalue weighted by Gasteiger charge is 2.08. The van der Waals surface area contributed by atoms with Gasteiger partial charge < -0.3 is 5.11 Å². The Morgan fingerprint density at radius 1 is 1.05 bits per heavy atom. The lowest BCUT2D eigenvalue weighted by Gasteiger charge is -2.07. The molecule has 2 atom stereocenters. The number of carbonyl (C=O) groups excluding carboxylic acids is 1. The Balaban J connectivity index is 3.51. The van der Waals surface area contributed by atoms with E-state index in [4.69, 9.17) is 0 Å². The molecule has 0 saturated heterocycles. The highest BCUT2D eigenvalue weighted by Crippen LogP contribution is 2.13. The molecule has 0 spiro atoms. The average molecular weight is 309 g/mol. The summed E-state index contributed by atoms with van der Waals surface area (Å²) < 4.78 is 0. The fourth-order valence-electron chi connectivity index (χ4n) is 2.60. The van der Waals surface area contributed by atoms with E-state index >= 15 is 0 Å². The molecular formula is C20H36O2. The van der Waals surface area contributed by atoms with E-state index in [0.29, 0.717) is 0 Å². The van der Waals surface area contributed by atoms with Crippen molar-refractivity contribution in [2.75, 3.05) is 0 Å². The Bertz CT molecular complexity index is 307. The summed E-state index contributed by atoms with van der Waals surface area (Å²) >= 11 is 0. The molecule has 0 aromatic heterocycles. The Kier molecular flexibility index (Phi) is 14.4. The summed E-state index contributed by atoms with van der Waals surface area (Å²) in [5.41, 5.74) is 0. The van der Waals surface area contributed by atoms with Crippen molar-refractivity contribution < 1.29 is 9.90 Å². The molecule has 2 nitrogen and oxygen atoms in total. The quantitative estimate of drug-likeness (QED) is 0.315. The first-order valence-corrected chi connectivity index (χ1v) is 9.09. The van der Waals surface area contributed by atoms with Crippen LogP contribution in [-0.2, 0) is 4.79 Å². The predicted octanol–water partition coefficient (Wildman–Crippen LogP) is 5.61. The number of aliphatic hydroxyl groups is 1. The molecule has 0 aromatic rings. The Morgan fingerprint density at radius 3 is 2.32 bits per heavy atom. The molecule has 128 valence electrons. The topological polar surface area (TPSA) is 37.3 Å². The maximum absolute atomic E-state index is 11.2. The molecule has 0 aromatic carbocycles. The van der Waals surface area contributed by atoms with E-state index < -0.39 is 0 Å². The van der Waals surface area contributed by atoms with Crippen molar-refractivity contribution >= 4 is 5.78 Å². The number of rotatable bonds is 15. The van der Waals surface area contributed by atoms with Crippen LogP contribution in [0.2, 0.25) is 0 Å².